The summed E-state index contributed by atoms with van der Waals surface area (Å²) in [4.78, 5) is 31.1. The van der Waals surface area contributed by atoms with Gasteiger partial charge in [-0.05, 0) is 99.2 Å². The molecular formula is C33H36N6O2. The highest BCUT2D eigenvalue weighted by molar-refractivity contribution is 5.91. The van der Waals surface area contributed by atoms with Gasteiger partial charge in [0.05, 0.1) is 35.0 Å². The van der Waals surface area contributed by atoms with E-state index in [0.717, 1.165) is 65.1 Å². The van der Waals surface area contributed by atoms with E-state index in [9.17, 15) is 4.79 Å². The standard InChI is InChI=1S/C33H36N6O2/c1-33(2,3)41-32(40)39-15-5-7-29(39)31-35-19-28(38-31)24-11-10-20-16-21(8-9-22(20)17-24)23-12-13-25-27(18-23)37-30(36-25)26-6-4-14-34-26/h8-13,16-19,26,29,34H,4-7,14-15H2,1-3H3,(H,35,38)(H,36,37). The highest BCUT2D eigenvalue weighted by Crippen LogP contribution is 2.34. The highest BCUT2D eigenvalue weighted by atomic mass is 16.6. The third-order valence-electron chi connectivity index (χ3n) is 8.17. The van der Waals surface area contributed by atoms with Crippen molar-refractivity contribution in [1.29, 1.82) is 0 Å². The van der Waals surface area contributed by atoms with E-state index in [-0.39, 0.29) is 12.1 Å². The Balaban J connectivity index is 1.12. The van der Waals surface area contributed by atoms with Gasteiger partial charge in [-0.25, -0.2) is 14.8 Å². The highest BCUT2D eigenvalue weighted by Gasteiger charge is 2.34. The fourth-order valence-electron chi connectivity index (χ4n) is 6.13. The molecule has 0 saturated carbocycles. The molecule has 5 aromatic rings. The third kappa shape index (κ3) is 5.08. The summed E-state index contributed by atoms with van der Waals surface area (Å²) < 4.78 is 5.64. The molecule has 2 fully saturated rings. The molecule has 3 N–H and O–H groups in total. The van der Waals surface area contributed by atoms with Gasteiger partial charge in [0.25, 0.3) is 0 Å². The summed E-state index contributed by atoms with van der Waals surface area (Å²) >= 11 is 0. The van der Waals surface area contributed by atoms with E-state index in [0.29, 0.717) is 12.6 Å². The van der Waals surface area contributed by atoms with Crippen LogP contribution in [0.15, 0.2) is 60.8 Å². The van der Waals surface area contributed by atoms with Gasteiger partial charge in [-0.1, -0.05) is 30.3 Å². The number of carbonyl (C=O) groups is 1. The smallest absolute Gasteiger partial charge is 0.410 e. The normalized spacial score (nSPS) is 19.4. The number of imidazole rings is 2. The van der Waals surface area contributed by atoms with Crippen LogP contribution in [-0.2, 0) is 4.74 Å². The van der Waals surface area contributed by atoms with E-state index in [4.69, 9.17) is 9.72 Å². The van der Waals surface area contributed by atoms with Gasteiger partial charge < -0.3 is 20.0 Å². The number of nitrogens with one attached hydrogen (secondary N) is 3. The first-order chi connectivity index (χ1) is 19.8. The first kappa shape index (κ1) is 25.8. The van der Waals surface area contributed by atoms with Crippen molar-refractivity contribution in [3.05, 3.63) is 72.4 Å². The van der Waals surface area contributed by atoms with Crippen molar-refractivity contribution in [3.8, 4) is 22.4 Å². The van der Waals surface area contributed by atoms with Crippen LogP contribution in [0.5, 0.6) is 0 Å². The molecule has 8 nitrogen and oxygen atoms in total. The predicted octanol–water partition coefficient (Wildman–Crippen LogP) is 7.27. The van der Waals surface area contributed by atoms with E-state index in [2.05, 4.69) is 74.9 Å². The zero-order chi connectivity index (χ0) is 28.1. The molecule has 0 aliphatic carbocycles. The second-order valence-electron chi connectivity index (χ2n) is 12.3. The Kier molecular flexibility index (Phi) is 6.31. The number of aromatic nitrogens is 4. The monoisotopic (exact) mass is 548 g/mol. The van der Waals surface area contributed by atoms with Crippen molar-refractivity contribution in [2.45, 2.75) is 64.1 Å². The number of nitrogens with zero attached hydrogens (tertiary/aromatic N) is 3. The Hall–Kier alpha value is -4.17. The third-order valence-corrected chi connectivity index (χ3v) is 8.17. The summed E-state index contributed by atoms with van der Waals surface area (Å²) in [5.41, 5.74) is 5.91. The molecule has 2 atom stereocenters. The summed E-state index contributed by atoms with van der Waals surface area (Å²) in [5, 5.41) is 5.87. The topological polar surface area (TPSA) is 98.9 Å². The summed E-state index contributed by atoms with van der Waals surface area (Å²) in [6.45, 7) is 7.42. The molecule has 2 saturated heterocycles. The average Bonchev–Trinajstić information content (AvgIpc) is 3.77. The molecule has 1 amide bonds. The molecule has 0 radical (unpaired) electrons. The molecule has 210 valence electrons. The molecule has 7 rings (SSSR count). The number of amides is 1. The Morgan fingerprint density at radius 3 is 2.44 bits per heavy atom. The minimum Gasteiger partial charge on any atom is -0.444 e. The minimum atomic E-state index is -0.522. The number of fused-ring (bicyclic) bond motifs is 2. The molecular weight excluding hydrogens is 512 g/mol. The number of benzene rings is 3. The molecule has 2 aliphatic rings. The molecule has 2 aromatic heterocycles. The lowest BCUT2D eigenvalue weighted by Gasteiger charge is -2.27. The molecule has 4 heterocycles. The van der Waals surface area contributed by atoms with Gasteiger partial charge in [-0.2, -0.15) is 0 Å². The Labute approximate surface area is 239 Å². The van der Waals surface area contributed by atoms with Crippen LogP contribution in [0.3, 0.4) is 0 Å². The van der Waals surface area contributed by atoms with Gasteiger partial charge in [0.2, 0.25) is 0 Å². The van der Waals surface area contributed by atoms with Crippen LogP contribution in [0.1, 0.15) is 70.2 Å². The molecule has 0 spiro atoms. The molecule has 8 heteroatoms. The van der Waals surface area contributed by atoms with E-state index >= 15 is 0 Å². The van der Waals surface area contributed by atoms with Crippen LogP contribution in [0, 0.1) is 0 Å². The van der Waals surface area contributed by atoms with Gasteiger partial charge in [-0.15, -0.1) is 0 Å². The van der Waals surface area contributed by atoms with E-state index in [1.165, 1.54) is 22.9 Å². The molecule has 2 aliphatic heterocycles. The van der Waals surface area contributed by atoms with E-state index in [1.807, 2.05) is 27.0 Å². The average molecular weight is 549 g/mol. The summed E-state index contributed by atoms with van der Waals surface area (Å²) in [6, 6.07) is 19.8. The lowest BCUT2D eigenvalue weighted by atomic mass is 9.99. The molecule has 3 aromatic carbocycles. The van der Waals surface area contributed by atoms with E-state index < -0.39 is 5.60 Å². The number of hydrogen-bond acceptors (Lipinski definition) is 5. The number of aromatic amines is 2. The molecule has 41 heavy (non-hydrogen) atoms. The Morgan fingerprint density at radius 2 is 1.66 bits per heavy atom. The maximum absolute atomic E-state index is 12.8. The van der Waals surface area contributed by atoms with Gasteiger partial charge in [-0.3, -0.25) is 4.90 Å². The summed E-state index contributed by atoms with van der Waals surface area (Å²) in [5.74, 6) is 1.84. The van der Waals surface area contributed by atoms with Crippen LogP contribution in [0.2, 0.25) is 0 Å². The SMILES string of the molecule is CC(C)(C)OC(=O)N1CCCC1c1ncc(-c2ccc3cc(-c4ccc5nc(C6CCCN6)[nH]c5c4)ccc3c2)[nH]1. The second-order valence-corrected chi connectivity index (χ2v) is 12.3. The van der Waals surface area contributed by atoms with Crippen LogP contribution >= 0.6 is 0 Å². The van der Waals surface area contributed by atoms with Crippen molar-refractivity contribution < 1.29 is 9.53 Å². The van der Waals surface area contributed by atoms with Gasteiger partial charge in [0.1, 0.15) is 17.2 Å². The van der Waals surface area contributed by atoms with Gasteiger partial charge in [0, 0.05) is 12.1 Å². The fraction of sp³-hybridized carbons (Fsp3) is 0.364. The van der Waals surface area contributed by atoms with Crippen LogP contribution in [-0.4, -0.2) is 49.6 Å². The summed E-state index contributed by atoms with van der Waals surface area (Å²) in [6.07, 6.45) is 5.72. The van der Waals surface area contributed by atoms with Crippen molar-refractivity contribution in [3.63, 3.8) is 0 Å². The number of H-pyrrole nitrogens is 2. The maximum Gasteiger partial charge on any atom is 0.410 e. The van der Waals surface area contributed by atoms with Crippen molar-refractivity contribution >= 4 is 27.9 Å². The van der Waals surface area contributed by atoms with Crippen LogP contribution in [0.25, 0.3) is 44.2 Å². The second kappa shape index (κ2) is 10.0. The van der Waals surface area contributed by atoms with Gasteiger partial charge >= 0.3 is 6.09 Å². The molecule has 0 bridgehead atoms. The first-order valence-corrected chi connectivity index (χ1v) is 14.6. The van der Waals surface area contributed by atoms with Crippen LogP contribution in [0.4, 0.5) is 4.79 Å². The maximum atomic E-state index is 12.8. The number of ether oxygens (including phenoxy) is 1. The van der Waals surface area contributed by atoms with Crippen molar-refractivity contribution in [2.75, 3.05) is 13.1 Å². The molecule has 2 unspecified atom stereocenters. The number of rotatable bonds is 4. The predicted molar refractivity (Wildman–Crippen MR) is 162 cm³/mol. The Morgan fingerprint density at radius 1 is 0.902 bits per heavy atom. The van der Waals surface area contributed by atoms with Gasteiger partial charge in [0.15, 0.2) is 0 Å². The Bertz CT molecular complexity index is 1740. The lowest BCUT2D eigenvalue weighted by molar-refractivity contribution is 0.0218. The van der Waals surface area contributed by atoms with Crippen LogP contribution < -0.4 is 5.32 Å². The zero-order valence-corrected chi connectivity index (χ0v) is 23.8. The minimum absolute atomic E-state index is 0.0978. The number of likely N-dealkylation sites (tertiary alicyclic amines) is 1. The summed E-state index contributed by atoms with van der Waals surface area (Å²) in [7, 11) is 0. The lowest BCUT2D eigenvalue weighted by Crippen LogP contribution is -2.36. The first-order valence-electron chi connectivity index (χ1n) is 14.6. The largest absolute Gasteiger partial charge is 0.444 e. The number of hydrogen-bond donors (Lipinski definition) is 3. The number of carbonyl (C=O) groups excluding carboxylic acids is 1. The van der Waals surface area contributed by atoms with Crippen molar-refractivity contribution in [2.24, 2.45) is 0 Å². The fourth-order valence-corrected chi connectivity index (χ4v) is 6.13. The quantitative estimate of drug-likeness (QED) is 0.219. The van der Waals surface area contributed by atoms with E-state index in [1.54, 1.807) is 4.90 Å². The van der Waals surface area contributed by atoms with Crippen molar-refractivity contribution in [1.82, 2.24) is 30.2 Å². The zero-order valence-electron chi connectivity index (χ0n) is 23.8.